The molecular weight excluding hydrogens is 326 g/mol. The van der Waals surface area contributed by atoms with E-state index >= 15 is 0 Å². The van der Waals surface area contributed by atoms with Crippen LogP contribution in [0.3, 0.4) is 0 Å². The molecule has 1 heterocycles. The predicted molar refractivity (Wildman–Crippen MR) is 90.4 cm³/mol. The average molecular weight is 351 g/mol. The molecule has 0 radical (unpaired) electrons. The largest absolute Gasteiger partial charge is 0.504 e. The minimum Gasteiger partial charge on any atom is -0.504 e. The van der Waals surface area contributed by atoms with Crippen LogP contribution in [-0.4, -0.2) is 59.9 Å². The maximum Gasteiger partial charge on any atom is 0.303 e. The Kier molecular flexibility index (Phi) is 5.57. The Morgan fingerprint density at radius 1 is 1.44 bits per heavy atom. The molecule has 1 fully saturated rings. The molecule has 0 aromatic heterocycles. The molecule has 0 bridgehead atoms. The number of benzene rings is 1. The van der Waals surface area contributed by atoms with Crippen molar-refractivity contribution in [3.63, 3.8) is 0 Å². The Hall–Kier alpha value is -2.28. The fourth-order valence-corrected chi connectivity index (χ4v) is 3.29. The molecular formula is C18H25NO6. The van der Waals surface area contributed by atoms with Crippen LogP contribution in [-0.2, 0) is 14.3 Å². The van der Waals surface area contributed by atoms with Gasteiger partial charge in [0.15, 0.2) is 18.1 Å². The zero-order chi connectivity index (χ0) is 18.8. The van der Waals surface area contributed by atoms with E-state index in [1.165, 1.54) is 14.0 Å². The number of nitrogens with zero attached hydrogens (tertiary/aromatic N) is 1. The number of hydrogen-bond donors (Lipinski definition) is 2. The lowest BCUT2D eigenvalue weighted by Gasteiger charge is -2.33. The van der Waals surface area contributed by atoms with Gasteiger partial charge in [-0.25, -0.2) is 0 Å². The van der Waals surface area contributed by atoms with Crippen LogP contribution in [0.25, 0.3) is 0 Å². The first kappa shape index (κ1) is 19.1. The number of esters is 1. The van der Waals surface area contributed by atoms with Gasteiger partial charge in [0.05, 0.1) is 13.2 Å². The summed E-state index contributed by atoms with van der Waals surface area (Å²) in [4.78, 5) is 24.8. The number of hydrogen-bond acceptors (Lipinski definition) is 6. The maximum absolute atomic E-state index is 12.3. The van der Waals surface area contributed by atoms with Crippen LogP contribution in [0.1, 0.15) is 32.3 Å². The van der Waals surface area contributed by atoms with E-state index in [-0.39, 0.29) is 24.2 Å². The quantitative estimate of drug-likeness (QED) is 0.776. The Bertz CT molecular complexity index is 659. The first-order valence-corrected chi connectivity index (χ1v) is 8.15. The van der Waals surface area contributed by atoms with Gasteiger partial charge in [-0.15, -0.1) is 0 Å². The molecule has 1 aliphatic rings. The van der Waals surface area contributed by atoms with Gasteiger partial charge in [0, 0.05) is 31.3 Å². The van der Waals surface area contributed by atoms with Gasteiger partial charge in [0.25, 0.3) is 5.91 Å². The second kappa shape index (κ2) is 7.31. The second-order valence-corrected chi connectivity index (χ2v) is 6.72. The van der Waals surface area contributed by atoms with Crippen molar-refractivity contribution >= 4 is 11.9 Å². The Morgan fingerprint density at radius 3 is 2.64 bits per heavy atom. The summed E-state index contributed by atoms with van der Waals surface area (Å²) in [6.07, 6.45) is -0.673. The average Bonchev–Trinajstić information content (AvgIpc) is 2.91. The number of aliphatic hydroxyl groups is 1. The van der Waals surface area contributed by atoms with Gasteiger partial charge in [-0.1, -0.05) is 13.0 Å². The highest BCUT2D eigenvalue weighted by atomic mass is 16.5. The van der Waals surface area contributed by atoms with Crippen LogP contribution in [0.4, 0.5) is 0 Å². The molecule has 1 saturated heterocycles. The number of carbonyl (C=O) groups excluding carboxylic acids is 2. The molecule has 25 heavy (non-hydrogen) atoms. The lowest BCUT2D eigenvalue weighted by Crippen LogP contribution is -2.39. The highest BCUT2D eigenvalue weighted by Crippen LogP contribution is 2.46. The van der Waals surface area contributed by atoms with Gasteiger partial charge in [-0.05, 0) is 24.6 Å². The third-order valence-electron chi connectivity index (χ3n) is 5.04. The summed E-state index contributed by atoms with van der Waals surface area (Å²) >= 11 is 0. The smallest absolute Gasteiger partial charge is 0.303 e. The number of phenolic OH excluding ortho intramolecular Hbond substituents is 1. The Balaban J connectivity index is 2.27. The topological polar surface area (TPSA) is 96.3 Å². The van der Waals surface area contributed by atoms with E-state index in [0.29, 0.717) is 18.8 Å². The molecule has 1 amide bonds. The minimum atomic E-state index is -0.673. The minimum absolute atomic E-state index is 0.0117. The molecule has 7 nitrogen and oxygen atoms in total. The van der Waals surface area contributed by atoms with Crippen molar-refractivity contribution in [3.05, 3.63) is 23.8 Å². The summed E-state index contributed by atoms with van der Waals surface area (Å²) in [6, 6.07) is 5.09. The van der Waals surface area contributed by atoms with Crippen molar-refractivity contribution in [2.75, 3.05) is 26.8 Å². The monoisotopic (exact) mass is 351 g/mol. The van der Waals surface area contributed by atoms with Crippen molar-refractivity contribution in [1.29, 1.82) is 0 Å². The molecule has 3 atom stereocenters. The summed E-state index contributed by atoms with van der Waals surface area (Å²) in [7, 11) is 1.47. The summed E-state index contributed by atoms with van der Waals surface area (Å²) in [5, 5.41) is 20.4. The highest BCUT2D eigenvalue weighted by molar-refractivity contribution is 5.80. The van der Waals surface area contributed by atoms with E-state index < -0.39 is 17.5 Å². The number of carbonyl (C=O) groups is 2. The van der Waals surface area contributed by atoms with Gasteiger partial charge in [0.2, 0.25) is 0 Å². The fraction of sp³-hybridized carbons (Fsp3) is 0.556. The summed E-state index contributed by atoms with van der Waals surface area (Å²) in [5.41, 5.74) is 0.219. The molecule has 0 spiro atoms. The van der Waals surface area contributed by atoms with E-state index in [0.717, 1.165) is 5.56 Å². The van der Waals surface area contributed by atoms with Crippen LogP contribution in [0.5, 0.6) is 11.5 Å². The molecule has 2 N–H and O–H groups in total. The van der Waals surface area contributed by atoms with Crippen molar-refractivity contribution in [3.8, 4) is 11.5 Å². The standard InChI is InChI=1S/C18H25NO6/c1-11(20)18(3)10-19(17(23)9-25-12(2)21)8-14(18)13-5-6-16(24-4)15(22)7-13/h5-7,11,14,20,22H,8-10H2,1-4H3. The number of likely N-dealkylation sites (tertiary alicyclic amines) is 1. The van der Waals surface area contributed by atoms with Crippen molar-refractivity contribution in [2.24, 2.45) is 5.41 Å². The lowest BCUT2D eigenvalue weighted by molar-refractivity contribution is -0.150. The number of methoxy groups -OCH3 is 1. The van der Waals surface area contributed by atoms with E-state index in [1.807, 2.05) is 13.0 Å². The van der Waals surface area contributed by atoms with Gasteiger partial charge in [-0.2, -0.15) is 0 Å². The summed E-state index contributed by atoms with van der Waals surface area (Å²) in [5.74, 6) is -0.615. The van der Waals surface area contributed by atoms with Crippen molar-refractivity contribution < 1.29 is 29.3 Å². The molecule has 0 saturated carbocycles. The van der Waals surface area contributed by atoms with E-state index in [2.05, 4.69) is 0 Å². The zero-order valence-electron chi connectivity index (χ0n) is 15.0. The molecule has 138 valence electrons. The normalized spacial score (nSPS) is 24.0. The third-order valence-corrected chi connectivity index (χ3v) is 5.04. The fourth-order valence-electron chi connectivity index (χ4n) is 3.29. The Morgan fingerprint density at radius 2 is 2.12 bits per heavy atom. The number of amides is 1. The molecule has 2 rings (SSSR count). The number of ether oxygens (including phenoxy) is 2. The van der Waals surface area contributed by atoms with Gasteiger partial charge in [0.1, 0.15) is 0 Å². The zero-order valence-corrected chi connectivity index (χ0v) is 15.0. The molecule has 1 aliphatic heterocycles. The Labute approximate surface area is 147 Å². The first-order chi connectivity index (χ1) is 11.7. The van der Waals surface area contributed by atoms with Crippen LogP contribution in [0, 0.1) is 5.41 Å². The molecule has 1 aromatic rings. The van der Waals surface area contributed by atoms with Gasteiger partial charge < -0.3 is 24.6 Å². The van der Waals surface area contributed by atoms with E-state index in [9.17, 15) is 19.8 Å². The number of aromatic hydroxyl groups is 1. The second-order valence-electron chi connectivity index (χ2n) is 6.72. The van der Waals surface area contributed by atoms with Crippen LogP contribution >= 0.6 is 0 Å². The van der Waals surface area contributed by atoms with Crippen molar-refractivity contribution in [1.82, 2.24) is 4.90 Å². The van der Waals surface area contributed by atoms with Crippen LogP contribution in [0.15, 0.2) is 18.2 Å². The predicted octanol–water partition coefficient (Wildman–Crippen LogP) is 1.28. The lowest BCUT2D eigenvalue weighted by atomic mass is 9.72. The summed E-state index contributed by atoms with van der Waals surface area (Å²) in [6.45, 7) is 5.24. The number of phenols is 1. The van der Waals surface area contributed by atoms with Gasteiger partial charge >= 0.3 is 5.97 Å². The molecule has 3 unspecified atom stereocenters. The highest BCUT2D eigenvalue weighted by Gasteiger charge is 2.48. The summed E-state index contributed by atoms with van der Waals surface area (Å²) < 4.78 is 9.85. The van der Waals surface area contributed by atoms with Crippen LogP contribution < -0.4 is 4.74 Å². The van der Waals surface area contributed by atoms with Gasteiger partial charge in [-0.3, -0.25) is 9.59 Å². The molecule has 1 aromatic carbocycles. The number of aliphatic hydroxyl groups excluding tert-OH is 1. The molecule has 0 aliphatic carbocycles. The SMILES string of the molecule is COc1ccc(C2CN(C(=O)COC(C)=O)CC2(C)C(C)O)cc1O. The first-order valence-electron chi connectivity index (χ1n) is 8.15. The molecule has 7 heteroatoms. The maximum atomic E-state index is 12.3. The van der Waals surface area contributed by atoms with E-state index in [4.69, 9.17) is 9.47 Å². The number of rotatable bonds is 5. The van der Waals surface area contributed by atoms with Crippen molar-refractivity contribution in [2.45, 2.75) is 32.8 Å². The third kappa shape index (κ3) is 3.87. The van der Waals surface area contributed by atoms with Crippen LogP contribution in [0.2, 0.25) is 0 Å². The van der Waals surface area contributed by atoms with E-state index in [1.54, 1.807) is 24.0 Å².